The molecular formula is C35H42FN5O4. The number of carbonyl (C=O) groups is 4. The van der Waals surface area contributed by atoms with Crippen LogP contribution in [0.1, 0.15) is 38.8 Å². The van der Waals surface area contributed by atoms with Crippen LogP contribution in [-0.2, 0) is 32.0 Å². The third-order valence-corrected chi connectivity index (χ3v) is 9.55. The maximum atomic E-state index is 14.7. The summed E-state index contributed by atoms with van der Waals surface area (Å²) >= 11 is 0. The van der Waals surface area contributed by atoms with Gasteiger partial charge < -0.3 is 25.2 Å². The Kier molecular flexibility index (Phi) is 8.83. The van der Waals surface area contributed by atoms with Crippen molar-refractivity contribution in [2.24, 2.45) is 5.41 Å². The molecule has 45 heavy (non-hydrogen) atoms. The second-order valence-corrected chi connectivity index (χ2v) is 13.2. The number of hydrogen-bond donors (Lipinski definition) is 3. The van der Waals surface area contributed by atoms with Gasteiger partial charge in [-0.3, -0.25) is 19.7 Å². The fourth-order valence-corrected chi connectivity index (χ4v) is 6.87. The molecule has 0 spiro atoms. The van der Waals surface area contributed by atoms with Gasteiger partial charge in [0, 0.05) is 13.0 Å². The van der Waals surface area contributed by atoms with Crippen LogP contribution in [0, 0.1) is 11.2 Å². The second-order valence-electron chi connectivity index (χ2n) is 13.2. The molecule has 0 aromatic heterocycles. The minimum Gasteiger partial charge on any atom is -0.339 e. The predicted molar refractivity (Wildman–Crippen MR) is 171 cm³/mol. The van der Waals surface area contributed by atoms with Crippen LogP contribution in [0.25, 0.3) is 10.8 Å². The molecule has 9 nitrogen and oxygen atoms in total. The Bertz CT molecular complexity index is 1620. The van der Waals surface area contributed by atoms with Crippen molar-refractivity contribution in [3.05, 3.63) is 83.7 Å². The maximum Gasteiger partial charge on any atom is 0.245 e. The summed E-state index contributed by atoms with van der Waals surface area (Å²) in [5, 5.41) is 11.3. The van der Waals surface area contributed by atoms with Gasteiger partial charge in [-0.05, 0) is 53.8 Å². The summed E-state index contributed by atoms with van der Waals surface area (Å²) in [6.07, 6.45) is 1.14. The van der Waals surface area contributed by atoms with Gasteiger partial charge in [-0.1, -0.05) is 81.4 Å². The van der Waals surface area contributed by atoms with Gasteiger partial charge in [-0.2, -0.15) is 0 Å². The van der Waals surface area contributed by atoms with E-state index in [0.29, 0.717) is 11.8 Å². The lowest BCUT2D eigenvalue weighted by Crippen LogP contribution is -2.86. The molecule has 4 atom stereocenters. The van der Waals surface area contributed by atoms with E-state index in [1.54, 1.807) is 37.1 Å². The number of nitrogens with one attached hydrogen (secondary N) is 3. The highest BCUT2D eigenvalue weighted by molar-refractivity contribution is 5.95. The number of hydrogen-bond acceptors (Lipinski definition) is 6. The van der Waals surface area contributed by atoms with Crippen LogP contribution < -0.4 is 16.0 Å². The number of piperazine rings is 1. The minimum atomic E-state index is -1.66. The monoisotopic (exact) mass is 615 g/mol. The van der Waals surface area contributed by atoms with Gasteiger partial charge in [-0.15, -0.1) is 0 Å². The van der Waals surface area contributed by atoms with Gasteiger partial charge in [-0.25, -0.2) is 4.39 Å². The molecule has 2 heterocycles. The first-order chi connectivity index (χ1) is 21.4. The van der Waals surface area contributed by atoms with E-state index < -0.39 is 34.6 Å². The van der Waals surface area contributed by atoms with Crippen LogP contribution in [0.5, 0.6) is 0 Å². The highest BCUT2D eigenvalue weighted by Gasteiger charge is 2.69. The molecule has 238 valence electrons. The zero-order valence-electron chi connectivity index (χ0n) is 26.5. The standard InChI is InChI=1S/C35H42FN5O4/c1-23(37-5)31(44)39-34(22-42,33(2,3)4)35-21-40(17-16-26-11-8-9-13-28(26)36)32(45)29(41(35)30(43)20-38-35)19-24-14-15-25-10-6-7-12-27(25)18-24/h6-15,18,22-23,29,37-38H,16-17,19-21H2,1-5H3,(H,39,44)/t23-,29-,34-,35+/m0/s1. The van der Waals surface area contributed by atoms with Crippen molar-refractivity contribution in [3.8, 4) is 0 Å². The maximum absolute atomic E-state index is 14.7. The molecule has 0 saturated carbocycles. The van der Waals surface area contributed by atoms with Crippen molar-refractivity contribution in [3.63, 3.8) is 0 Å². The zero-order chi connectivity index (χ0) is 32.6. The number of halogens is 1. The third kappa shape index (κ3) is 5.61. The molecule has 0 radical (unpaired) electrons. The van der Waals surface area contributed by atoms with E-state index in [9.17, 15) is 23.6 Å². The minimum absolute atomic E-state index is 0.0789. The Labute approximate surface area is 263 Å². The number of fused-ring (bicyclic) bond motifs is 2. The lowest BCUT2D eigenvalue weighted by molar-refractivity contribution is -0.173. The van der Waals surface area contributed by atoms with Crippen molar-refractivity contribution < 1.29 is 23.6 Å². The molecule has 3 amide bonds. The molecule has 0 aliphatic carbocycles. The van der Waals surface area contributed by atoms with E-state index in [-0.39, 0.29) is 50.1 Å². The first kappa shape index (κ1) is 32.2. The molecule has 3 N–H and O–H groups in total. The Hall–Kier alpha value is -4.15. The number of amides is 3. The molecule has 2 saturated heterocycles. The number of likely N-dealkylation sites (N-methyl/N-ethyl adjacent to an activating group) is 1. The quantitative estimate of drug-likeness (QED) is 0.303. The molecule has 0 bridgehead atoms. The number of carbonyl (C=O) groups excluding carboxylic acids is 4. The smallest absolute Gasteiger partial charge is 0.245 e. The van der Waals surface area contributed by atoms with Crippen LogP contribution in [0.15, 0.2) is 66.7 Å². The summed E-state index contributed by atoms with van der Waals surface area (Å²) in [5.74, 6) is -1.42. The van der Waals surface area contributed by atoms with E-state index in [4.69, 9.17) is 0 Å². The van der Waals surface area contributed by atoms with E-state index in [1.807, 2.05) is 63.2 Å². The number of aldehydes is 1. The van der Waals surface area contributed by atoms with Crippen LogP contribution in [0.3, 0.4) is 0 Å². The molecule has 0 unspecified atom stereocenters. The number of nitrogens with zero attached hydrogens (tertiary/aromatic N) is 2. The number of benzene rings is 3. The summed E-state index contributed by atoms with van der Waals surface area (Å²) in [6.45, 7) is 7.14. The molecular weight excluding hydrogens is 573 g/mol. The van der Waals surface area contributed by atoms with E-state index in [1.165, 1.54) is 11.0 Å². The van der Waals surface area contributed by atoms with Gasteiger partial charge in [0.15, 0.2) is 0 Å². The average molecular weight is 616 g/mol. The topological polar surface area (TPSA) is 111 Å². The summed E-state index contributed by atoms with van der Waals surface area (Å²) in [5.41, 5.74) is -2.77. The molecule has 5 rings (SSSR count). The molecule has 10 heteroatoms. The van der Waals surface area contributed by atoms with Crippen LogP contribution in [-0.4, -0.2) is 83.8 Å². The fourth-order valence-electron chi connectivity index (χ4n) is 6.87. The Morgan fingerprint density at radius 1 is 1.09 bits per heavy atom. The van der Waals surface area contributed by atoms with Gasteiger partial charge in [0.05, 0.1) is 19.1 Å². The Morgan fingerprint density at radius 2 is 1.78 bits per heavy atom. The van der Waals surface area contributed by atoms with Gasteiger partial charge in [0.1, 0.15) is 29.3 Å². The fraction of sp³-hybridized carbons (Fsp3) is 0.429. The van der Waals surface area contributed by atoms with Crippen molar-refractivity contribution in [1.29, 1.82) is 0 Å². The molecule has 3 aromatic carbocycles. The van der Waals surface area contributed by atoms with Gasteiger partial charge >= 0.3 is 0 Å². The molecule has 3 aromatic rings. The zero-order valence-corrected chi connectivity index (χ0v) is 26.5. The number of rotatable bonds is 10. The van der Waals surface area contributed by atoms with Crippen molar-refractivity contribution >= 4 is 34.8 Å². The second kappa shape index (κ2) is 12.3. The molecule has 2 aliphatic heterocycles. The van der Waals surface area contributed by atoms with Crippen molar-refractivity contribution in [2.45, 2.75) is 63.8 Å². The first-order valence-electron chi connectivity index (χ1n) is 15.4. The largest absolute Gasteiger partial charge is 0.339 e. The van der Waals surface area contributed by atoms with Crippen molar-refractivity contribution in [1.82, 2.24) is 25.8 Å². The highest BCUT2D eigenvalue weighted by Crippen LogP contribution is 2.45. The normalized spacial score (nSPS) is 22.2. The summed E-state index contributed by atoms with van der Waals surface area (Å²) in [4.78, 5) is 58.4. The van der Waals surface area contributed by atoms with Gasteiger partial charge in [0.25, 0.3) is 0 Å². The summed E-state index contributed by atoms with van der Waals surface area (Å²) in [7, 11) is 1.65. The van der Waals surface area contributed by atoms with E-state index in [0.717, 1.165) is 16.3 Å². The average Bonchev–Trinajstić information content (AvgIpc) is 3.36. The van der Waals surface area contributed by atoms with Crippen LogP contribution >= 0.6 is 0 Å². The summed E-state index contributed by atoms with van der Waals surface area (Å²) < 4.78 is 14.7. The molecule has 2 fully saturated rings. The Balaban J connectivity index is 1.64. The van der Waals surface area contributed by atoms with E-state index >= 15 is 0 Å². The van der Waals surface area contributed by atoms with Crippen LogP contribution in [0.4, 0.5) is 4.39 Å². The van der Waals surface area contributed by atoms with E-state index in [2.05, 4.69) is 16.0 Å². The highest BCUT2D eigenvalue weighted by atomic mass is 19.1. The third-order valence-electron chi connectivity index (χ3n) is 9.55. The lowest BCUT2D eigenvalue weighted by Gasteiger charge is -2.60. The summed E-state index contributed by atoms with van der Waals surface area (Å²) in [6, 6.07) is 18.6. The first-order valence-corrected chi connectivity index (χ1v) is 15.4. The SMILES string of the molecule is CN[C@@H](C)C(=O)N[C@@](C=O)(C(C)(C)C)[C@@]12CN(CCc3ccccc3F)C(=O)[C@H](Cc3ccc4ccccc4c3)N1C(=O)CN2. The Morgan fingerprint density at radius 3 is 2.44 bits per heavy atom. The predicted octanol–water partition coefficient (Wildman–Crippen LogP) is 2.81. The lowest BCUT2D eigenvalue weighted by atomic mass is 9.64. The van der Waals surface area contributed by atoms with Gasteiger partial charge in [0.2, 0.25) is 17.7 Å². The molecule has 2 aliphatic rings. The van der Waals surface area contributed by atoms with Crippen LogP contribution in [0.2, 0.25) is 0 Å². The van der Waals surface area contributed by atoms with Crippen molar-refractivity contribution in [2.75, 3.05) is 26.7 Å².